The van der Waals surface area contributed by atoms with E-state index >= 15 is 0 Å². The molecule has 1 aliphatic heterocycles. The third-order valence-electron chi connectivity index (χ3n) is 6.30. The first-order chi connectivity index (χ1) is 18.3. The molecule has 0 unspecified atom stereocenters. The molecule has 1 amide bonds. The van der Waals surface area contributed by atoms with Gasteiger partial charge in [0.25, 0.3) is 5.91 Å². The lowest BCUT2D eigenvalue weighted by atomic mass is 9.97. The fourth-order valence-corrected chi connectivity index (χ4v) is 4.54. The SMILES string of the molecule is COc1ccc(CN2C(=O)[C@H](CC(=O)O)O[C@@H](c3cccc(OC)c3OC)c3cc(F)ccc32)c(OC)c1. The number of ether oxygens (including phenoxy) is 5. The normalized spacial score (nSPS) is 16.9. The molecule has 0 spiro atoms. The molecule has 9 nitrogen and oxygen atoms in total. The van der Waals surface area contributed by atoms with Crippen LogP contribution < -0.4 is 23.8 Å². The number of carboxylic acid groups (broad SMARTS) is 1. The minimum absolute atomic E-state index is 0.00603. The lowest BCUT2D eigenvalue weighted by molar-refractivity contribution is -0.147. The number of halogens is 1. The van der Waals surface area contributed by atoms with Gasteiger partial charge in [-0.3, -0.25) is 9.59 Å². The van der Waals surface area contributed by atoms with E-state index in [1.807, 2.05) is 0 Å². The predicted molar refractivity (Wildman–Crippen MR) is 136 cm³/mol. The number of hydrogen-bond acceptors (Lipinski definition) is 7. The van der Waals surface area contributed by atoms with E-state index in [0.717, 1.165) is 0 Å². The van der Waals surface area contributed by atoms with Crippen molar-refractivity contribution < 1.29 is 42.8 Å². The second-order valence-electron chi connectivity index (χ2n) is 8.49. The number of hydrogen-bond donors (Lipinski definition) is 1. The molecule has 1 heterocycles. The Balaban J connectivity index is 1.91. The Labute approximate surface area is 219 Å². The maximum absolute atomic E-state index is 14.7. The molecule has 38 heavy (non-hydrogen) atoms. The molecular weight excluding hydrogens is 497 g/mol. The maximum atomic E-state index is 14.7. The molecule has 4 rings (SSSR count). The molecule has 2 atom stereocenters. The van der Waals surface area contributed by atoms with E-state index in [2.05, 4.69) is 0 Å². The van der Waals surface area contributed by atoms with Crippen LogP contribution in [0.1, 0.15) is 29.2 Å². The van der Waals surface area contributed by atoms with Crippen molar-refractivity contribution in [3.63, 3.8) is 0 Å². The fourth-order valence-electron chi connectivity index (χ4n) is 4.54. The number of rotatable bonds is 9. The van der Waals surface area contributed by atoms with Gasteiger partial charge in [-0.05, 0) is 36.4 Å². The zero-order chi connectivity index (χ0) is 27.4. The molecule has 10 heteroatoms. The first-order valence-electron chi connectivity index (χ1n) is 11.7. The number of aliphatic carboxylic acids is 1. The van der Waals surface area contributed by atoms with E-state index in [9.17, 15) is 19.1 Å². The number of benzene rings is 3. The van der Waals surface area contributed by atoms with E-state index < -0.39 is 36.3 Å². The van der Waals surface area contributed by atoms with Crippen molar-refractivity contribution in [3.8, 4) is 23.0 Å². The minimum atomic E-state index is -1.38. The third-order valence-corrected chi connectivity index (χ3v) is 6.30. The summed E-state index contributed by atoms with van der Waals surface area (Å²) in [6.45, 7) is 0.00603. The van der Waals surface area contributed by atoms with Crippen LogP contribution in [0, 0.1) is 5.82 Å². The van der Waals surface area contributed by atoms with Gasteiger partial charge in [-0.2, -0.15) is 0 Å². The number of fused-ring (bicyclic) bond motifs is 1. The number of carbonyl (C=O) groups excluding carboxylic acids is 1. The fraction of sp³-hybridized carbons (Fsp3) is 0.286. The average Bonchev–Trinajstić information content (AvgIpc) is 3.02. The van der Waals surface area contributed by atoms with Gasteiger partial charge in [-0.1, -0.05) is 12.1 Å². The summed E-state index contributed by atoms with van der Waals surface area (Å²) in [4.78, 5) is 27.0. The summed E-state index contributed by atoms with van der Waals surface area (Å²) in [6, 6.07) is 14.2. The lowest BCUT2D eigenvalue weighted by Crippen LogP contribution is -2.40. The molecule has 0 aliphatic carbocycles. The summed E-state index contributed by atoms with van der Waals surface area (Å²) >= 11 is 0. The van der Waals surface area contributed by atoms with Gasteiger partial charge in [0.15, 0.2) is 11.5 Å². The molecule has 0 aromatic heterocycles. The number of amides is 1. The second-order valence-corrected chi connectivity index (χ2v) is 8.49. The van der Waals surface area contributed by atoms with Crippen molar-refractivity contribution in [1.82, 2.24) is 0 Å². The van der Waals surface area contributed by atoms with Gasteiger partial charge in [-0.25, -0.2) is 4.39 Å². The Morgan fingerprint density at radius 1 is 0.947 bits per heavy atom. The summed E-state index contributed by atoms with van der Waals surface area (Å²) in [5.74, 6) is -0.621. The van der Waals surface area contributed by atoms with Crippen LogP contribution in [0.25, 0.3) is 0 Å². The highest BCUT2D eigenvalue weighted by atomic mass is 19.1. The van der Waals surface area contributed by atoms with Gasteiger partial charge >= 0.3 is 5.97 Å². The zero-order valence-electron chi connectivity index (χ0n) is 21.4. The average molecular weight is 526 g/mol. The number of carboxylic acids is 1. The number of carbonyl (C=O) groups is 2. The van der Waals surface area contributed by atoms with Crippen LogP contribution in [-0.4, -0.2) is 51.5 Å². The van der Waals surface area contributed by atoms with Crippen molar-refractivity contribution in [2.75, 3.05) is 33.3 Å². The van der Waals surface area contributed by atoms with Crippen molar-refractivity contribution in [2.24, 2.45) is 0 Å². The first-order valence-corrected chi connectivity index (χ1v) is 11.7. The van der Waals surface area contributed by atoms with E-state index in [1.54, 1.807) is 36.4 Å². The standard InChI is InChI=1S/C28H28FNO8/c1-34-18-10-8-16(23(13-18)36-3)15-30-21-11-9-17(29)12-20(21)26(38-24(28(30)33)14-25(31)32)19-6-5-7-22(35-2)27(19)37-4/h5-13,24,26H,14-15H2,1-4H3,(H,31,32)/t24-,26-/m0/s1. The molecule has 3 aromatic rings. The molecule has 1 aliphatic rings. The van der Waals surface area contributed by atoms with Crippen LogP contribution in [0.2, 0.25) is 0 Å². The summed E-state index contributed by atoms with van der Waals surface area (Å²) in [7, 11) is 5.95. The molecule has 200 valence electrons. The minimum Gasteiger partial charge on any atom is -0.497 e. The Bertz CT molecular complexity index is 1340. The van der Waals surface area contributed by atoms with Crippen molar-refractivity contribution in [1.29, 1.82) is 0 Å². The van der Waals surface area contributed by atoms with Crippen LogP contribution in [0.4, 0.5) is 10.1 Å². The second kappa shape index (κ2) is 11.4. The summed E-state index contributed by atoms with van der Waals surface area (Å²) in [5, 5.41) is 9.60. The van der Waals surface area contributed by atoms with Crippen molar-refractivity contribution >= 4 is 17.6 Å². The molecule has 0 fully saturated rings. The van der Waals surface area contributed by atoms with Crippen molar-refractivity contribution in [2.45, 2.75) is 25.2 Å². The van der Waals surface area contributed by atoms with Crippen LogP contribution in [-0.2, 0) is 20.9 Å². The number of nitrogens with zero attached hydrogens (tertiary/aromatic N) is 1. The van der Waals surface area contributed by atoms with Crippen LogP contribution >= 0.6 is 0 Å². The predicted octanol–water partition coefficient (Wildman–Crippen LogP) is 4.36. The molecule has 0 saturated carbocycles. The number of methoxy groups -OCH3 is 4. The van der Waals surface area contributed by atoms with E-state index in [0.29, 0.717) is 45.4 Å². The van der Waals surface area contributed by atoms with Gasteiger partial charge in [-0.15, -0.1) is 0 Å². The van der Waals surface area contributed by atoms with Gasteiger partial charge in [0.2, 0.25) is 0 Å². The summed E-state index contributed by atoms with van der Waals surface area (Å²) in [6.07, 6.45) is -3.02. The Hall–Kier alpha value is -4.31. The Morgan fingerprint density at radius 2 is 1.71 bits per heavy atom. The highest BCUT2D eigenvalue weighted by Gasteiger charge is 2.39. The van der Waals surface area contributed by atoms with Crippen LogP contribution in [0.15, 0.2) is 54.6 Å². The molecule has 0 radical (unpaired) electrons. The number of anilines is 1. The highest BCUT2D eigenvalue weighted by molar-refractivity contribution is 5.99. The molecule has 0 bridgehead atoms. The largest absolute Gasteiger partial charge is 0.497 e. The van der Waals surface area contributed by atoms with Crippen molar-refractivity contribution in [3.05, 3.63) is 77.1 Å². The molecule has 0 saturated heterocycles. The monoisotopic (exact) mass is 525 g/mol. The maximum Gasteiger partial charge on any atom is 0.306 e. The van der Waals surface area contributed by atoms with E-state index in [4.69, 9.17) is 23.7 Å². The zero-order valence-corrected chi connectivity index (χ0v) is 21.4. The topological polar surface area (TPSA) is 104 Å². The highest BCUT2D eigenvalue weighted by Crippen LogP contribution is 2.45. The quantitative estimate of drug-likeness (QED) is 0.440. The summed E-state index contributed by atoms with van der Waals surface area (Å²) < 4.78 is 42.6. The molecule has 1 N–H and O–H groups in total. The molecule has 3 aromatic carbocycles. The lowest BCUT2D eigenvalue weighted by Gasteiger charge is -2.25. The Morgan fingerprint density at radius 3 is 2.37 bits per heavy atom. The first kappa shape index (κ1) is 26.7. The van der Waals surface area contributed by atoms with Gasteiger partial charge in [0, 0.05) is 22.8 Å². The van der Waals surface area contributed by atoms with E-state index in [1.165, 1.54) is 51.5 Å². The van der Waals surface area contributed by atoms with Gasteiger partial charge in [0.05, 0.1) is 47.1 Å². The van der Waals surface area contributed by atoms with Gasteiger partial charge in [0.1, 0.15) is 29.5 Å². The molecular formula is C28H28FNO8. The Kier molecular flexibility index (Phi) is 8.02. The van der Waals surface area contributed by atoms with Crippen LogP contribution in [0.5, 0.6) is 23.0 Å². The summed E-state index contributed by atoms with van der Waals surface area (Å²) in [5.41, 5.74) is 1.76. The van der Waals surface area contributed by atoms with Gasteiger partial charge < -0.3 is 33.7 Å². The smallest absolute Gasteiger partial charge is 0.306 e. The van der Waals surface area contributed by atoms with Crippen LogP contribution in [0.3, 0.4) is 0 Å². The third kappa shape index (κ3) is 5.21. The van der Waals surface area contributed by atoms with E-state index in [-0.39, 0.29) is 6.54 Å². The number of para-hydroxylation sites is 1.